The van der Waals surface area contributed by atoms with Crippen LogP contribution in [0.4, 0.5) is 24.5 Å². The van der Waals surface area contributed by atoms with Crippen molar-refractivity contribution in [1.82, 2.24) is 0 Å². The van der Waals surface area contributed by atoms with Crippen LogP contribution in [0.5, 0.6) is 5.75 Å². The van der Waals surface area contributed by atoms with Gasteiger partial charge in [-0.3, -0.25) is 0 Å². The first-order valence-corrected chi connectivity index (χ1v) is 15.7. The molecule has 0 aromatic heterocycles. The smallest absolute Gasteiger partial charge is 0.405 e. The maximum atomic E-state index is 13.4. The Morgan fingerprint density at radius 1 is 0.800 bits per heavy atom. The summed E-state index contributed by atoms with van der Waals surface area (Å²) in [7, 11) is -0.873. The van der Waals surface area contributed by atoms with Gasteiger partial charge in [-0.15, -0.1) is 0 Å². The molecule has 1 unspecified atom stereocenters. The lowest BCUT2D eigenvalue weighted by molar-refractivity contribution is -0.107. The van der Waals surface area contributed by atoms with Crippen LogP contribution in [0.3, 0.4) is 0 Å². The molecule has 0 saturated carbocycles. The number of hydrogen-bond donors (Lipinski definition) is 0. The molecule has 3 aromatic rings. The predicted octanol–water partition coefficient (Wildman–Crippen LogP) is 6.44. The molecule has 12 heteroatoms. The van der Waals surface area contributed by atoms with E-state index in [-0.39, 0.29) is 6.29 Å². The molecule has 1 heterocycles. The van der Waals surface area contributed by atoms with E-state index in [4.69, 9.17) is 13.1 Å². The number of hydrogen-bond acceptors (Lipinski definition) is 7. The minimum absolute atomic E-state index is 0.386. The third kappa shape index (κ3) is 7.03. The van der Waals surface area contributed by atoms with E-state index in [1.807, 2.05) is 38.0 Å². The first kappa shape index (κ1) is 30.0. The maximum absolute atomic E-state index is 13.4. The number of halogens is 3. The van der Waals surface area contributed by atoms with Crippen molar-refractivity contribution in [2.45, 2.75) is 40.0 Å². The van der Waals surface area contributed by atoms with Gasteiger partial charge in [0.1, 0.15) is 5.75 Å². The van der Waals surface area contributed by atoms with E-state index >= 15 is 0 Å². The highest BCUT2D eigenvalue weighted by Gasteiger charge is 2.43. The second kappa shape index (κ2) is 11.9. The number of rotatable bonds is 10. The second-order valence-electron chi connectivity index (χ2n) is 9.75. The molecule has 0 N–H and O–H groups in total. The zero-order valence-corrected chi connectivity index (χ0v) is 24.4. The lowest BCUT2D eigenvalue weighted by Crippen LogP contribution is -2.26. The average molecular weight is 599 g/mol. The standard InChI is InChI=1S/C28H33F3N2O5S2/c1-32(2)21-7-13-24(14-8-21)40(38-39(34,35)20-28(29,30)31,25-15-9-22(10-16-25)33(3)4)26-17-11-23(12-18-26)37-27-6-5-19-36-27/h7-18,27H,5-6,19-20H2,1-4H3. The highest BCUT2D eigenvalue weighted by molar-refractivity contribution is 8.33. The fraction of sp³-hybridized carbons (Fsp3) is 0.357. The SMILES string of the molecule is CN(C)c1ccc(S(OS(=O)(=O)CC(F)(F)F)(c2ccc(OC3CCCO3)cc2)c2ccc(N(C)C)cc2)cc1. The minimum atomic E-state index is -5.08. The third-order valence-electron chi connectivity index (χ3n) is 6.23. The maximum Gasteiger partial charge on any atom is 0.405 e. The molecule has 218 valence electrons. The number of ether oxygens (including phenoxy) is 2. The van der Waals surface area contributed by atoms with Gasteiger partial charge in [-0.1, -0.05) is 0 Å². The molecule has 0 bridgehead atoms. The molecule has 1 saturated heterocycles. The summed E-state index contributed by atoms with van der Waals surface area (Å²) in [6.45, 7) is 0.604. The number of nitrogens with zero attached hydrogens (tertiary/aromatic N) is 2. The second-order valence-corrected chi connectivity index (χ2v) is 14.2. The van der Waals surface area contributed by atoms with Gasteiger partial charge < -0.3 is 19.3 Å². The summed E-state index contributed by atoms with van der Waals surface area (Å²) in [5.74, 6) is -1.62. The summed E-state index contributed by atoms with van der Waals surface area (Å²) in [5.41, 5.74) is 1.66. The molecular formula is C28H33F3N2O5S2. The van der Waals surface area contributed by atoms with E-state index in [9.17, 15) is 21.6 Å². The van der Waals surface area contributed by atoms with E-state index in [0.717, 1.165) is 24.2 Å². The Bertz CT molecular complexity index is 1320. The van der Waals surface area contributed by atoms with Crippen LogP contribution in [0.15, 0.2) is 87.5 Å². The van der Waals surface area contributed by atoms with Crippen molar-refractivity contribution in [1.29, 1.82) is 0 Å². The Morgan fingerprint density at radius 2 is 1.25 bits per heavy atom. The quantitative estimate of drug-likeness (QED) is 0.266. The van der Waals surface area contributed by atoms with Gasteiger partial charge in [0.15, 0.2) is 12.0 Å². The zero-order valence-electron chi connectivity index (χ0n) is 22.7. The molecule has 0 radical (unpaired) electrons. The lowest BCUT2D eigenvalue weighted by Gasteiger charge is -2.40. The van der Waals surface area contributed by atoms with Gasteiger partial charge in [0.2, 0.25) is 0 Å². The van der Waals surface area contributed by atoms with Crippen molar-refractivity contribution < 1.29 is 34.7 Å². The van der Waals surface area contributed by atoms with Crippen molar-refractivity contribution in [3.63, 3.8) is 0 Å². The van der Waals surface area contributed by atoms with Crippen LogP contribution in [0.2, 0.25) is 0 Å². The first-order chi connectivity index (χ1) is 18.8. The van der Waals surface area contributed by atoms with E-state index in [1.165, 1.54) is 0 Å². The molecule has 3 aromatic carbocycles. The monoisotopic (exact) mass is 598 g/mol. The predicted molar refractivity (Wildman–Crippen MR) is 151 cm³/mol. The van der Waals surface area contributed by atoms with E-state index in [2.05, 4.69) is 0 Å². The van der Waals surface area contributed by atoms with Crippen molar-refractivity contribution in [2.75, 3.05) is 50.4 Å². The molecule has 1 aliphatic rings. The van der Waals surface area contributed by atoms with Gasteiger partial charge in [-0.05, 0) is 89.5 Å². The number of benzene rings is 3. The van der Waals surface area contributed by atoms with Crippen LogP contribution in [0.1, 0.15) is 12.8 Å². The summed E-state index contributed by atoms with van der Waals surface area (Å²) in [6, 6.07) is 20.5. The van der Waals surface area contributed by atoms with Crippen molar-refractivity contribution in [2.24, 2.45) is 0 Å². The zero-order chi connectivity index (χ0) is 29.1. The highest BCUT2D eigenvalue weighted by atomic mass is 32.3. The third-order valence-corrected chi connectivity index (χ3v) is 11.4. The molecule has 1 aliphatic heterocycles. The van der Waals surface area contributed by atoms with Gasteiger partial charge in [0.25, 0.3) is 10.1 Å². The van der Waals surface area contributed by atoms with Crippen molar-refractivity contribution in [3.05, 3.63) is 72.8 Å². The van der Waals surface area contributed by atoms with Crippen LogP contribution < -0.4 is 14.5 Å². The van der Waals surface area contributed by atoms with Crippen LogP contribution in [-0.4, -0.2) is 61.4 Å². The molecule has 0 spiro atoms. The van der Waals surface area contributed by atoms with Crippen molar-refractivity contribution >= 4 is 31.8 Å². The van der Waals surface area contributed by atoms with Crippen LogP contribution in [0.25, 0.3) is 0 Å². The summed E-state index contributed by atoms with van der Waals surface area (Å²) in [6.07, 6.45) is -3.74. The fourth-order valence-electron chi connectivity index (χ4n) is 4.28. The van der Waals surface area contributed by atoms with E-state index in [1.54, 1.807) is 72.8 Å². The molecule has 0 aliphatic carbocycles. The van der Waals surface area contributed by atoms with Gasteiger partial charge in [-0.2, -0.15) is 21.6 Å². The Balaban J connectivity index is 1.91. The Morgan fingerprint density at radius 3 is 1.62 bits per heavy atom. The van der Waals surface area contributed by atoms with Crippen molar-refractivity contribution in [3.8, 4) is 5.75 Å². The lowest BCUT2D eigenvalue weighted by atomic mass is 10.3. The highest BCUT2D eigenvalue weighted by Crippen LogP contribution is 2.70. The van der Waals surface area contributed by atoms with Crippen LogP contribution >= 0.6 is 10.3 Å². The number of alkyl halides is 3. The Hall–Kier alpha value is -2.93. The molecule has 40 heavy (non-hydrogen) atoms. The largest absolute Gasteiger partial charge is 0.465 e. The molecule has 4 rings (SSSR count). The molecule has 7 nitrogen and oxygen atoms in total. The fourth-order valence-corrected chi connectivity index (χ4v) is 9.44. The van der Waals surface area contributed by atoms with Gasteiger partial charge in [0, 0.05) is 60.7 Å². The molecule has 0 amide bonds. The summed E-state index contributed by atoms with van der Waals surface area (Å²) in [5, 5.41) is 0. The van der Waals surface area contributed by atoms with E-state index < -0.39 is 32.4 Å². The average Bonchev–Trinajstić information content (AvgIpc) is 3.39. The van der Waals surface area contributed by atoms with Gasteiger partial charge in [0.05, 0.1) is 6.61 Å². The minimum Gasteiger partial charge on any atom is -0.465 e. The number of anilines is 2. The molecular weight excluding hydrogens is 565 g/mol. The van der Waals surface area contributed by atoms with Gasteiger partial charge >= 0.3 is 6.18 Å². The Kier molecular flexibility index (Phi) is 8.93. The normalized spacial score (nSPS) is 16.5. The summed E-state index contributed by atoms with van der Waals surface area (Å²) in [4.78, 5) is 4.98. The van der Waals surface area contributed by atoms with E-state index in [0.29, 0.717) is 27.0 Å². The first-order valence-electron chi connectivity index (χ1n) is 12.6. The topological polar surface area (TPSA) is 68.3 Å². The Labute approximate surface area is 235 Å². The van der Waals surface area contributed by atoms with Crippen LogP contribution in [-0.2, 0) is 18.5 Å². The summed E-state index contributed by atoms with van der Waals surface area (Å²) < 4.78 is 83.4. The van der Waals surface area contributed by atoms with Crippen LogP contribution in [0, 0.1) is 0 Å². The molecule has 1 atom stereocenters. The molecule has 1 fully saturated rings. The summed E-state index contributed by atoms with van der Waals surface area (Å²) >= 11 is 0. The van der Waals surface area contributed by atoms with Gasteiger partial charge in [-0.25, -0.2) is 3.63 Å².